The lowest BCUT2D eigenvalue weighted by molar-refractivity contribution is -0.385. The Morgan fingerprint density at radius 1 is 1.10 bits per heavy atom. The summed E-state index contributed by atoms with van der Waals surface area (Å²) in [6, 6.07) is 9.31. The van der Waals surface area contributed by atoms with Crippen LogP contribution in [0.25, 0.3) is 0 Å². The minimum Gasteiger partial charge on any atom is -0.490 e. The SMILES string of the molecule is CCOc1ccc(NC(=O)CN(C)C(=O)c2cccc([N+](=O)[O-])c2C)cc1OCC. The van der Waals surface area contributed by atoms with E-state index < -0.39 is 16.7 Å². The van der Waals surface area contributed by atoms with Crippen molar-refractivity contribution in [1.29, 1.82) is 0 Å². The maximum absolute atomic E-state index is 12.7. The molecule has 9 heteroatoms. The number of rotatable bonds is 9. The van der Waals surface area contributed by atoms with Crippen LogP contribution in [0.3, 0.4) is 0 Å². The van der Waals surface area contributed by atoms with Gasteiger partial charge in [0.05, 0.1) is 24.7 Å². The number of nitrogens with zero attached hydrogens (tertiary/aromatic N) is 2. The zero-order chi connectivity index (χ0) is 22.3. The van der Waals surface area contributed by atoms with Gasteiger partial charge in [0.1, 0.15) is 0 Å². The Bertz CT molecular complexity index is 944. The van der Waals surface area contributed by atoms with Gasteiger partial charge >= 0.3 is 0 Å². The summed E-state index contributed by atoms with van der Waals surface area (Å²) in [5.41, 5.74) is 0.794. The van der Waals surface area contributed by atoms with Crippen molar-refractivity contribution in [1.82, 2.24) is 4.90 Å². The lowest BCUT2D eigenvalue weighted by Crippen LogP contribution is -2.35. The molecule has 0 bridgehead atoms. The Morgan fingerprint density at radius 3 is 2.40 bits per heavy atom. The molecular weight excluding hydrogens is 390 g/mol. The van der Waals surface area contributed by atoms with Gasteiger partial charge in [-0.15, -0.1) is 0 Å². The second kappa shape index (κ2) is 10.2. The Hall–Kier alpha value is -3.62. The van der Waals surface area contributed by atoms with Crippen LogP contribution in [-0.4, -0.2) is 48.4 Å². The number of nitrogens with one attached hydrogen (secondary N) is 1. The highest BCUT2D eigenvalue weighted by Crippen LogP contribution is 2.30. The Labute approximate surface area is 174 Å². The first-order valence-electron chi connectivity index (χ1n) is 9.47. The van der Waals surface area contributed by atoms with Crippen LogP contribution in [0.2, 0.25) is 0 Å². The van der Waals surface area contributed by atoms with Gasteiger partial charge in [-0.1, -0.05) is 6.07 Å². The molecule has 0 spiro atoms. The molecule has 0 heterocycles. The summed E-state index contributed by atoms with van der Waals surface area (Å²) in [5, 5.41) is 13.8. The van der Waals surface area contributed by atoms with E-state index in [-0.39, 0.29) is 23.4 Å². The molecular formula is C21H25N3O6. The van der Waals surface area contributed by atoms with Gasteiger partial charge < -0.3 is 19.7 Å². The molecule has 0 saturated heterocycles. The summed E-state index contributed by atoms with van der Waals surface area (Å²) in [5.74, 6) is 0.188. The zero-order valence-electron chi connectivity index (χ0n) is 17.4. The van der Waals surface area contributed by atoms with Gasteiger partial charge in [-0.25, -0.2) is 0 Å². The molecule has 0 unspecified atom stereocenters. The minimum absolute atomic E-state index is 0.142. The number of carbonyl (C=O) groups is 2. The maximum atomic E-state index is 12.7. The highest BCUT2D eigenvalue weighted by Gasteiger charge is 2.22. The second-order valence-electron chi connectivity index (χ2n) is 6.44. The standard InChI is InChI=1S/C21H25N3O6/c1-5-29-18-11-10-15(12-19(18)30-6-2)22-20(25)13-23(4)21(26)16-8-7-9-17(14(16)3)24(27)28/h7-12H,5-6,13H2,1-4H3,(H,22,25). The van der Waals surface area contributed by atoms with Gasteiger partial charge in [-0.3, -0.25) is 19.7 Å². The van der Waals surface area contributed by atoms with Gasteiger partial charge in [0.15, 0.2) is 11.5 Å². The topological polar surface area (TPSA) is 111 Å². The molecule has 0 fully saturated rings. The maximum Gasteiger partial charge on any atom is 0.273 e. The van der Waals surface area contributed by atoms with Gasteiger partial charge in [0.2, 0.25) is 5.91 Å². The number of ether oxygens (including phenoxy) is 2. The predicted octanol–water partition coefficient (Wildman–Crippen LogP) is 3.41. The highest BCUT2D eigenvalue weighted by atomic mass is 16.6. The minimum atomic E-state index is -0.541. The monoisotopic (exact) mass is 415 g/mol. The van der Waals surface area contributed by atoms with Crippen LogP contribution in [-0.2, 0) is 4.79 Å². The van der Waals surface area contributed by atoms with Crippen molar-refractivity contribution in [3.8, 4) is 11.5 Å². The molecule has 0 aliphatic heterocycles. The van der Waals surface area contributed by atoms with Crippen molar-refractivity contribution >= 4 is 23.2 Å². The number of nitro benzene ring substituents is 1. The smallest absolute Gasteiger partial charge is 0.273 e. The van der Waals surface area contributed by atoms with E-state index in [1.807, 2.05) is 13.8 Å². The van der Waals surface area contributed by atoms with E-state index in [0.717, 1.165) is 0 Å². The van der Waals surface area contributed by atoms with Crippen LogP contribution < -0.4 is 14.8 Å². The van der Waals surface area contributed by atoms with Crippen molar-refractivity contribution in [2.45, 2.75) is 20.8 Å². The van der Waals surface area contributed by atoms with Gasteiger partial charge in [-0.05, 0) is 39.0 Å². The van der Waals surface area contributed by atoms with E-state index in [4.69, 9.17) is 9.47 Å². The third-order valence-corrected chi connectivity index (χ3v) is 4.29. The zero-order valence-corrected chi connectivity index (χ0v) is 17.4. The number of benzene rings is 2. The predicted molar refractivity (Wildman–Crippen MR) is 112 cm³/mol. The Kier molecular flexibility index (Phi) is 7.74. The summed E-state index contributed by atoms with van der Waals surface area (Å²) in [6.07, 6.45) is 0. The second-order valence-corrected chi connectivity index (χ2v) is 6.44. The van der Waals surface area contributed by atoms with Crippen molar-refractivity contribution < 1.29 is 24.0 Å². The molecule has 0 saturated carbocycles. The summed E-state index contributed by atoms with van der Waals surface area (Å²) >= 11 is 0. The Morgan fingerprint density at radius 2 is 1.77 bits per heavy atom. The fourth-order valence-electron chi connectivity index (χ4n) is 2.88. The van der Waals surface area contributed by atoms with E-state index >= 15 is 0 Å². The fraction of sp³-hybridized carbons (Fsp3) is 0.333. The third-order valence-electron chi connectivity index (χ3n) is 4.29. The molecule has 9 nitrogen and oxygen atoms in total. The molecule has 160 valence electrons. The number of nitro groups is 1. The molecule has 30 heavy (non-hydrogen) atoms. The summed E-state index contributed by atoms with van der Waals surface area (Å²) in [6.45, 7) is 5.92. The van der Waals surface area contributed by atoms with Crippen molar-refractivity contribution in [3.63, 3.8) is 0 Å². The van der Waals surface area contributed by atoms with E-state index in [0.29, 0.717) is 30.4 Å². The van der Waals surface area contributed by atoms with Gasteiger partial charge in [-0.2, -0.15) is 0 Å². The van der Waals surface area contributed by atoms with Crippen LogP contribution in [0, 0.1) is 17.0 Å². The number of anilines is 1. The molecule has 1 N–H and O–H groups in total. The number of hydrogen-bond acceptors (Lipinski definition) is 6. The van der Waals surface area contributed by atoms with E-state index in [2.05, 4.69) is 5.32 Å². The Balaban J connectivity index is 2.09. The van der Waals surface area contributed by atoms with Gasteiger partial charge in [0.25, 0.3) is 11.6 Å². The molecule has 2 amide bonds. The molecule has 0 radical (unpaired) electrons. The fourth-order valence-corrected chi connectivity index (χ4v) is 2.88. The van der Waals surface area contributed by atoms with Crippen LogP contribution >= 0.6 is 0 Å². The first-order valence-corrected chi connectivity index (χ1v) is 9.47. The average Bonchev–Trinajstić information content (AvgIpc) is 2.69. The average molecular weight is 415 g/mol. The summed E-state index contributed by atoms with van der Waals surface area (Å²) in [7, 11) is 1.46. The van der Waals surface area contributed by atoms with Crippen LogP contribution in [0.1, 0.15) is 29.8 Å². The number of carbonyl (C=O) groups excluding carboxylic acids is 2. The normalized spacial score (nSPS) is 10.3. The highest BCUT2D eigenvalue weighted by molar-refractivity contribution is 6.00. The van der Waals surface area contributed by atoms with E-state index in [9.17, 15) is 19.7 Å². The molecule has 0 atom stereocenters. The van der Waals surface area contributed by atoms with E-state index in [1.165, 1.54) is 37.1 Å². The summed E-state index contributed by atoms with van der Waals surface area (Å²) < 4.78 is 11.0. The molecule has 0 aliphatic carbocycles. The first-order chi connectivity index (χ1) is 14.3. The largest absolute Gasteiger partial charge is 0.490 e. The van der Waals surface area contributed by atoms with Crippen LogP contribution in [0.15, 0.2) is 36.4 Å². The quantitative estimate of drug-likeness (QED) is 0.496. The lowest BCUT2D eigenvalue weighted by Gasteiger charge is -2.18. The number of hydrogen-bond donors (Lipinski definition) is 1. The molecule has 0 aliphatic rings. The molecule has 0 aromatic heterocycles. The molecule has 2 rings (SSSR count). The van der Waals surface area contributed by atoms with Crippen LogP contribution in [0.5, 0.6) is 11.5 Å². The van der Waals surface area contributed by atoms with Gasteiger partial charge in [0, 0.05) is 36.0 Å². The number of likely N-dealkylation sites (N-methyl/N-ethyl adjacent to an activating group) is 1. The lowest BCUT2D eigenvalue weighted by atomic mass is 10.1. The van der Waals surface area contributed by atoms with Crippen LogP contribution in [0.4, 0.5) is 11.4 Å². The molecule has 2 aromatic rings. The van der Waals surface area contributed by atoms with E-state index in [1.54, 1.807) is 18.2 Å². The number of amides is 2. The first kappa shape index (κ1) is 22.7. The summed E-state index contributed by atoms with van der Waals surface area (Å²) in [4.78, 5) is 36.8. The van der Waals surface area contributed by atoms with Crippen molar-refractivity contribution in [2.24, 2.45) is 0 Å². The van der Waals surface area contributed by atoms with Crippen molar-refractivity contribution in [3.05, 3.63) is 57.6 Å². The third kappa shape index (κ3) is 5.47. The van der Waals surface area contributed by atoms with Crippen molar-refractivity contribution in [2.75, 3.05) is 32.1 Å². The molecule has 2 aromatic carbocycles.